The minimum atomic E-state index is -0.810. The van der Waals surface area contributed by atoms with Crippen LogP contribution in [-0.2, 0) is 9.59 Å². The van der Waals surface area contributed by atoms with Crippen molar-refractivity contribution in [1.82, 2.24) is 0 Å². The number of halogens is 1. The Labute approximate surface area is 101 Å². The van der Waals surface area contributed by atoms with E-state index in [4.69, 9.17) is 0 Å². The number of hydrogen-bond acceptors (Lipinski definition) is 2. The Bertz CT molecular complexity index is 222. The summed E-state index contributed by atoms with van der Waals surface area (Å²) in [5.41, 5.74) is -0.810. The third kappa shape index (κ3) is 4.92. The molecule has 15 heavy (non-hydrogen) atoms. The molecule has 0 unspecified atom stereocenters. The molecule has 0 N–H and O–H groups in total. The summed E-state index contributed by atoms with van der Waals surface area (Å²) in [6.45, 7) is 5.58. The topological polar surface area (TPSA) is 34.1 Å². The van der Waals surface area contributed by atoms with Gasteiger partial charge in [-0.25, -0.2) is 0 Å². The molecule has 0 aromatic carbocycles. The van der Waals surface area contributed by atoms with Crippen molar-refractivity contribution in [1.29, 1.82) is 0 Å². The van der Waals surface area contributed by atoms with Gasteiger partial charge in [0, 0.05) is 6.42 Å². The Balaban J connectivity index is 4.03. The van der Waals surface area contributed by atoms with Gasteiger partial charge < -0.3 is 0 Å². The van der Waals surface area contributed by atoms with Crippen LogP contribution < -0.4 is 0 Å². The summed E-state index contributed by atoms with van der Waals surface area (Å²) < 4.78 is 0. The summed E-state index contributed by atoms with van der Waals surface area (Å²) >= 11 is 3.11. The predicted molar refractivity (Wildman–Crippen MR) is 66.3 cm³/mol. The number of carbonyl (C=O) groups excluding carboxylic acids is 2. The van der Waals surface area contributed by atoms with E-state index >= 15 is 0 Å². The number of ketones is 2. The lowest BCUT2D eigenvalue weighted by atomic mass is 9.82. The summed E-state index contributed by atoms with van der Waals surface area (Å²) in [6, 6.07) is 0. The van der Waals surface area contributed by atoms with Gasteiger partial charge in [0.05, 0.1) is 10.7 Å². The van der Waals surface area contributed by atoms with Crippen molar-refractivity contribution in [2.45, 2.75) is 52.9 Å². The second-order valence-corrected chi connectivity index (χ2v) is 4.98. The first-order chi connectivity index (χ1) is 6.96. The SMILES string of the molecule is CCCCCCC(=O)C(C)(C)C(=O)CBr. The fraction of sp³-hybridized carbons (Fsp3) is 0.833. The molecule has 0 fully saturated rings. The molecule has 0 aromatic heterocycles. The van der Waals surface area contributed by atoms with Crippen molar-refractivity contribution in [3.05, 3.63) is 0 Å². The Kier molecular flexibility index (Phi) is 7.07. The minimum Gasteiger partial charge on any atom is -0.299 e. The Morgan fingerprint density at radius 3 is 2.13 bits per heavy atom. The van der Waals surface area contributed by atoms with Crippen LogP contribution in [0.15, 0.2) is 0 Å². The molecule has 2 nitrogen and oxygen atoms in total. The molecule has 0 spiro atoms. The van der Waals surface area contributed by atoms with Gasteiger partial charge in [0.15, 0.2) is 5.78 Å². The summed E-state index contributed by atoms with van der Waals surface area (Å²) in [4.78, 5) is 23.3. The van der Waals surface area contributed by atoms with Gasteiger partial charge in [-0.2, -0.15) is 0 Å². The van der Waals surface area contributed by atoms with Gasteiger partial charge >= 0.3 is 0 Å². The third-order valence-electron chi connectivity index (χ3n) is 2.77. The summed E-state index contributed by atoms with van der Waals surface area (Å²) in [5, 5.41) is 0.265. The van der Waals surface area contributed by atoms with Gasteiger partial charge in [-0.1, -0.05) is 42.1 Å². The average Bonchev–Trinajstić information content (AvgIpc) is 2.22. The van der Waals surface area contributed by atoms with Crippen LogP contribution >= 0.6 is 15.9 Å². The zero-order valence-electron chi connectivity index (χ0n) is 9.94. The van der Waals surface area contributed by atoms with Crippen molar-refractivity contribution in [2.75, 3.05) is 5.33 Å². The lowest BCUT2D eigenvalue weighted by molar-refractivity contribution is -0.137. The molecule has 0 aliphatic heterocycles. The second kappa shape index (κ2) is 7.15. The fourth-order valence-corrected chi connectivity index (χ4v) is 2.05. The maximum atomic E-state index is 11.8. The zero-order valence-corrected chi connectivity index (χ0v) is 11.5. The number of rotatable bonds is 8. The second-order valence-electron chi connectivity index (χ2n) is 4.42. The smallest absolute Gasteiger partial charge is 0.156 e. The molecule has 0 aromatic rings. The van der Waals surface area contributed by atoms with Crippen LogP contribution in [0, 0.1) is 5.41 Å². The van der Waals surface area contributed by atoms with Gasteiger partial charge in [-0.3, -0.25) is 9.59 Å². The van der Waals surface area contributed by atoms with E-state index in [2.05, 4.69) is 22.9 Å². The molecular formula is C12H21BrO2. The van der Waals surface area contributed by atoms with Crippen LogP contribution in [0.25, 0.3) is 0 Å². The summed E-state index contributed by atoms with van der Waals surface area (Å²) in [6.07, 6.45) is 4.86. The van der Waals surface area contributed by atoms with Crippen molar-refractivity contribution in [2.24, 2.45) is 5.41 Å². The van der Waals surface area contributed by atoms with Gasteiger partial charge in [0.2, 0.25) is 0 Å². The van der Waals surface area contributed by atoms with E-state index in [1.807, 2.05) is 0 Å². The molecule has 88 valence electrons. The van der Waals surface area contributed by atoms with Crippen molar-refractivity contribution in [3.63, 3.8) is 0 Å². The van der Waals surface area contributed by atoms with E-state index in [-0.39, 0.29) is 16.9 Å². The maximum Gasteiger partial charge on any atom is 0.156 e. The first-order valence-corrected chi connectivity index (χ1v) is 6.71. The van der Waals surface area contributed by atoms with Gasteiger partial charge in [-0.15, -0.1) is 0 Å². The van der Waals surface area contributed by atoms with Crippen LogP contribution in [0.4, 0.5) is 0 Å². The monoisotopic (exact) mass is 276 g/mol. The Morgan fingerprint density at radius 1 is 1.07 bits per heavy atom. The predicted octanol–water partition coefficient (Wildman–Crippen LogP) is 3.52. The minimum absolute atomic E-state index is 0.0250. The maximum absolute atomic E-state index is 11.8. The van der Waals surface area contributed by atoms with Crippen LogP contribution in [-0.4, -0.2) is 16.9 Å². The van der Waals surface area contributed by atoms with E-state index in [1.54, 1.807) is 13.8 Å². The highest BCUT2D eigenvalue weighted by molar-refractivity contribution is 9.09. The Hall–Kier alpha value is -0.180. The number of alkyl halides is 1. The zero-order chi connectivity index (χ0) is 11.9. The molecule has 0 bridgehead atoms. The van der Waals surface area contributed by atoms with E-state index in [0.717, 1.165) is 19.3 Å². The van der Waals surface area contributed by atoms with E-state index in [9.17, 15) is 9.59 Å². The van der Waals surface area contributed by atoms with Crippen LogP contribution in [0.1, 0.15) is 52.9 Å². The third-order valence-corrected chi connectivity index (χ3v) is 3.28. The van der Waals surface area contributed by atoms with Crippen molar-refractivity contribution >= 4 is 27.5 Å². The van der Waals surface area contributed by atoms with Gasteiger partial charge in [-0.05, 0) is 20.3 Å². The van der Waals surface area contributed by atoms with E-state index in [1.165, 1.54) is 6.42 Å². The fourth-order valence-electron chi connectivity index (χ4n) is 1.35. The molecule has 0 amide bonds. The van der Waals surface area contributed by atoms with Gasteiger partial charge in [0.25, 0.3) is 0 Å². The quantitative estimate of drug-likeness (QED) is 0.386. The molecule has 0 heterocycles. The number of unbranched alkanes of at least 4 members (excludes halogenated alkanes) is 3. The molecule has 3 heteroatoms. The lowest BCUT2D eigenvalue weighted by Gasteiger charge is -2.20. The van der Waals surface area contributed by atoms with Crippen LogP contribution in [0.5, 0.6) is 0 Å². The number of carbonyl (C=O) groups is 2. The molecule has 0 aliphatic carbocycles. The van der Waals surface area contributed by atoms with Crippen molar-refractivity contribution in [3.8, 4) is 0 Å². The Morgan fingerprint density at radius 2 is 1.67 bits per heavy atom. The molecule has 0 saturated carbocycles. The van der Waals surface area contributed by atoms with Gasteiger partial charge in [0.1, 0.15) is 5.78 Å². The molecule has 0 saturated heterocycles. The number of Topliss-reactive ketones (excluding diaryl/α,β-unsaturated/α-hetero) is 2. The van der Waals surface area contributed by atoms with Crippen LogP contribution in [0.2, 0.25) is 0 Å². The largest absolute Gasteiger partial charge is 0.299 e. The average molecular weight is 277 g/mol. The highest BCUT2D eigenvalue weighted by atomic mass is 79.9. The summed E-state index contributed by atoms with van der Waals surface area (Å²) in [5.74, 6) is 0.0473. The lowest BCUT2D eigenvalue weighted by Crippen LogP contribution is -2.34. The molecule has 0 atom stereocenters. The van der Waals surface area contributed by atoms with Crippen LogP contribution in [0.3, 0.4) is 0 Å². The molecular weight excluding hydrogens is 256 g/mol. The van der Waals surface area contributed by atoms with E-state index in [0.29, 0.717) is 6.42 Å². The van der Waals surface area contributed by atoms with E-state index < -0.39 is 5.41 Å². The molecule has 0 rings (SSSR count). The molecule has 0 radical (unpaired) electrons. The first kappa shape index (κ1) is 14.8. The highest BCUT2D eigenvalue weighted by Gasteiger charge is 2.33. The number of hydrogen-bond donors (Lipinski definition) is 0. The standard InChI is InChI=1S/C12H21BrO2/c1-4-5-6-7-8-10(14)12(2,3)11(15)9-13/h4-9H2,1-3H3. The van der Waals surface area contributed by atoms with Crippen molar-refractivity contribution < 1.29 is 9.59 Å². The highest BCUT2D eigenvalue weighted by Crippen LogP contribution is 2.22. The normalized spacial score (nSPS) is 11.5. The molecule has 0 aliphatic rings. The first-order valence-electron chi connectivity index (χ1n) is 5.59. The summed E-state index contributed by atoms with van der Waals surface area (Å²) in [7, 11) is 0.